The Labute approximate surface area is 166 Å². The number of carbonyl (C=O) groups excluding carboxylic acids is 1. The van der Waals surface area contributed by atoms with Crippen LogP contribution in [0.4, 0.5) is 0 Å². The first-order valence-corrected chi connectivity index (χ1v) is 9.44. The van der Waals surface area contributed by atoms with Gasteiger partial charge in [-0.15, -0.1) is 0 Å². The van der Waals surface area contributed by atoms with Crippen molar-refractivity contribution in [2.45, 2.75) is 13.8 Å². The summed E-state index contributed by atoms with van der Waals surface area (Å²) in [5.74, 6) is 0.708. The van der Waals surface area contributed by atoms with Crippen LogP contribution in [0.3, 0.4) is 0 Å². The molecule has 3 nitrogen and oxygen atoms in total. The summed E-state index contributed by atoms with van der Waals surface area (Å²) in [6.45, 7) is 4.99. The zero-order valence-corrected chi connectivity index (χ0v) is 16.3. The number of aryl methyl sites for hydroxylation is 2. The van der Waals surface area contributed by atoms with E-state index in [1.54, 1.807) is 0 Å². The van der Waals surface area contributed by atoms with Crippen molar-refractivity contribution in [3.8, 4) is 5.75 Å². The van der Waals surface area contributed by atoms with Crippen LogP contribution in [-0.2, 0) is 4.79 Å². The molecule has 3 rings (SSSR count). The zero-order valence-electron chi connectivity index (χ0n) is 16.3. The molecule has 0 heterocycles. The van der Waals surface area contributed by atoms with E-state index in [2.05, 4.69) is 19.2 Å². The molecule has 0 saturated carbocycles. The third kappa shape index (κ3) is 5.34. The van der Waals surface area contributed by atoms with Crippen LogP contribution in [0.2, 0.25) is 0 Å². The third-order valence-corrected chi connectivity index (χ3v) is 4.57. The fourth-order valence-corrected chi connectivity index (χ4v) is 2.85. The highest BCUT2D eigenvalue weighted by molar-refractivity contribution is 6.24. The van der Waals surface area contributed by atoms with Crippen molar-refractivity contribution < 1.29 is 9.53 Å². The Balaban J connectivity index is 1.65. The molecule has 28 heavy (non-hydrogen) atoms. The molecule has 3 heteroatoms. The molecule has 0 bridgehead atoms. The molecule has 1 N–H and O–H groups in total. The maximum Gasteiger partial charge on any atom is 0.252 e. The normalized spacial score (nSPS) is 11.1. The second kappa shape index (κ2) is 9.56. The molecule has 3 aromatic rings. The number of nitrogens with one attached hydrogen (secondary N) is 1. The van der Waals surface area contributed by atoms with Gasteiger partial charge in [0.15, 0.2) is 0 Å². The van der Waals surface area contributed by atoms with Gasteiger partial charge in [-0.05, 0) is 54.3 Å². The quantitative estimate of drug-likeness (QED) is 0.359. The van der Waals surface area contributed by atoms with E-state index in [1.165, 1.54) is 11.1 Å². The summed E-state index contributed by atoms with van der Waals surface area (Å²) in [7, 11) is 0. The van der Waals surface area contributed by atoms with Gasteiger partial charge in [-0.1, -0.05) is 66.7 Å². The highest BCUT2D eigenvalue weighted by Crippen LogP contribution is 2.19. The lowest BCUT2D eigenvalue weighted by atomic mass is 10.0. The molecule has 0 atom stereocenters. The summed E-state index contributed by atoms with van der Waals surface area (Å²) in [6.07, 6.45) is 1.91. The Morgan fingerprint density at radius 2 is 1.57 bits per heavy atom. The lowest BCUT2D eigenvalue weighted by molar-refractivity contribution is -0.115. The molecule has 142 valence electrons. The Bertz CT molecular complexity index is 947. The van der Waals surface area contributed by atoms with Gasteiger partial charge in [-0.25, -0.2) is 0 Å². The predicted molar refractivity (Wildman–Crippen MR) is 115 cm³/mol. The van der Waals surface area contributed by atoms with Crippen LogP contribution in [0.5, 0.6) is 5.75 Å². The van der Waals surface area contributed by atoms with Crippen LogP contribution in [0.25, 0.3) is 11.6 Å². The number of rotatable bonds is 7. The van der Waals surface area contributed by atoms with Crippen LogP contribution in [0, 0.1) is 13.8 Å². The first kappa shape index (κ1) is 19.4. The van der Waals surface area contributed by atoms with E-state index in [9.17, 15) is 4.79 Å². The topological polar surface area (TPSA) is 38.3 Å². The fraction of sp³-hybridized carbons (Fsp3) is 0.160. The number of ether oxygens (including phenoxy) is 1. The standard InChI is InChI=1S/C25H25NO2/c1-19-13-14-23(17-20(19)2)28-16-15-26-25(27)24(22-11-7-4-8-12-22)18-21-9-5-3-6-10-21/h3-14,17-18H,15-16H2,1-2H3,(H,26,27)/b24-18+. The lowest BCUT2D eigenvalue weighted by Gasteiger charge is -2.11. The lowest BCUT2D eigenvalue weighted by Crippen LogP contribution is -2.28. The van der Waals surface area contributed by atoms with Crippen molar-refractivity contribution in [3.05, 3.63) is 101 Å². The van der Waals surface area contributed by atoms with Gasteiger partial charge in [-0.3, -0.25) is 4.79 Å². The molecule has 0 spiro atoms. The number of amides is 1. The molecular formula is C25H25NO2. The first-order valence-electron chi connectivity index (χ1n) is 9.44. The van der Waals surface area contributed by atoms with Crippen LogP contribution in [-0.4, -0.2) is 19.1 Å². The maximum atomic E-state index is 12.8. The van der Waals surface area contributed by atoms with Crippen molar-refractivity contribution in [3.63, 3.8) is 0 Å². The van der Waals surface area contributed by atoms with E-state index in [-0.39, 0.29) is 5.91 Å². The molecule has 3 aromatic carbocycles. The molecule has 0 aliphatic carbocycles. The molecule has 0 aromatic heterocycles. The summed E-state index contributed by atoms with van der Waals surface area (Å²) < 4.78 is 5.76. The molecule has 0 fully saturated rings. The molecule has 1 amide bonds. The number of hydrogen-bond donors (Lipinski definition) is 1. The highest BCUT2D eigenvalue weighted by Gasteiger charge is 2.11. The first-order chi connectivity index (χ1) is 13.6. The third-order valence-electron chi connectivity index (χ3n) is 4.57. The van der Waals surface area contributed by atoms with Crippen LogP contribution < -0.4 is 10.1 Å². The van der Waals surface area contributed by atoms with Gasteiger partial charge in [0.1, 0.15) is 12.4 Å². The smallest absolute Gasteiger partial charge is 0.252 e. The van der Waals surface area contributed by atoms with E-state index in [1.807, 2.05) is 84.9 Å². The molecule has 0 aliphatic heterocycles. The molecule has 0 saturated heterocycles. The second-order valence-corrected chi connectivity index (χ2v) is 6.69. The van der Waals surface area contributed by atoms with Gasteiger partial charge >= 0.3 is 0 Å². The van der Waals surface area contributed by atoms with Crippen LogP contribution in [0.1, 0.15) is 22.3 Å². The van der Waals surface area contributed by atoms with Crippen molar-refractivity contribution >= 4 is 17.6 Å². The summed E-state index contributed by atoms with van der Waals surface area (Å²) in [4.78, 5) is 12.8. The Hall–Kier alpha value is -3.33. The summed E-state index contributed by atoms with van der Waals surface area (Å²) in [5, 5.41) is 2.97. The molecular weight excluding hydrogens is 346 g/mol. The van der Waals surface area contributed by atoms with E-state index < -0.39 is 0 Å². The van der Waals surface area contributed by atoms with Gasteiger partial charge in [-0.2, -0.15) is 0 Å². The minimum Gasteiger partial charge on any atom is -0.492 e. The van der Waals surface area contributed by atoms with Gasteiger partial charge in [0.25, 0.3) is 5.91 Å². The summed E-state index contributed by atoms with van der Waals surface area (Å²) in [6, 6.07) is 25.6. The van der Waals surface area contributed by atoms with Crippen molar-refractivity contribution in [1.29, 1.82) is 0 Å². The van der Waals surface area contributed by atoms with Gasteiger partial charge in [0, 0.05) is 5.57 Å². The van der Waals surface area contributed by atoms with E-state index in [0.717, 1.165) is 16.9 Å². The minimum absolute atomic E-state index is 0.112. The average molecular weight is 371 g/mol. The van der Waals surface area contributed by atoms with Gasteiger partial charge in [0.05, 0.1) is 6.54 Å². The number of benzene rings is 3. The molecule has 0 aliphatic rings. The Morgan fingerprint density at radius 3 is 2.25 bits per heavy atom. The predicted octanol–water partition coefficient (Wildman–Crippen LogP) is 5.04. The largest absolute Gasteiger partial charge is 0.492 e. The van der Waals surface area contributed by atoms with Crippen LogP contribution >= 0.6 is 0 Å². The summed E-state index contributed by atoms with van der Waals surface area (Å²) >= 11 is 0. The minimum atomic E-state index is -0.112. The number of carbonyl (C=O) groups is 1. The zero-order chi connectivity index (χ0) is 19.8. The van der Waals surface area contributed by atoms with Crippen molar-refractivity contribution in [1.82, 2.24) is 5.32 Å². The van der Waals surface area contributed by atoms with E-state index >= 15 is 0 Å². The molecule has 0 unspecified atom stereocenters. The monoisotopic (exact) mass is 371 g/mol. The Kier molecular flexibility index (Phi) is 6.64. The average Bonchev–Trinajstić information content (AvgIpc) is 2.73. The van der Waals surface area contributed by atoms with Crippen LogP contribution in [0.15, 0.2) is 78.9 Å². The van der Waals surface area contributed by atoms with E-state index in [4.69, 9.17) is 4.74 Å². The van der Waals surface area contributed by atoms with Gasteiger partial charge < -0.3 is 10.1 Å². The Morgan fingerprint density at radius 1 is 0.893 bits per heavy atom. The molecule has 0 radical (unpaired) electrons. The van der Waals surface area contributed by atoms with Gasteiger partial charge in [0.2, 0.25) is 0 Å². The maximum absolute atomic E-state index is 12.8. The van der Waals surface area contributed by atoms with Crippen molar-refractivity contribution in [2.75, 3.05) is 13.2 Å². The van der Waals surface area contributed by atoms with Crippen molar-refractivity contribution in [2.24, 2.45) is 0 Å². The number of hydrogen-bond acceptors (Lipinski definition) is 2. The van der Waals surface area contributed by atoms with E-state index in [0.29, 0.717) is 18.7 Å². The highest BCUT2D eigenvalue weighted by atomic mass is 16.5. The fourth-order valence-electron chi connectivity index (χ4n) is 2.85. The second-order valence-electron chi connectivity index (χ2n) is 6.69. The SMILES string of the molecule is Cc1ccc(OCCNC(=O)/C(=C/c2ccccc2)c2ccccc2)cc1C. The summed E-state index contributed by atoms with van der Waals surface area (Å²) in [5.41, 5.74) is 4.94.